The number of ether oxygens (including phenoxy) is 7. The number of carbonyl (C=O) groups is 8. The lowest BCUT2D eigenvalue weighted by molar-refractivity contribution is -0.122. The molecule has 736 valence electrons. The Morgan fingerprint density at radius 1 is 0.344 bits per heavy atom. The topological polar surface area (TPSA) is 598 Å². The normalized spacial score (nSPS) is 11.3. The number of hydroxylamine groups is 6. The van der Waals surface area contributed by atoms with Crippen LogP contribution in [-0.4, -0.2) is 312 Å². The number of aliphatic hydroxyl groups excluding tert-OH is 1. The van der Waals surface area contributed by atoms with E-state index < -0.39 is 35.4 Å². The Balaban J connectivity index is 0.00000151. The number of hydrogen-bond acceptors (Lipinski definition) is 39. The average Bonchev–Trinajstić information content (AvgIpc) is 0.821. The van der Waals surface area contributed by atoms with E-state index in [2.05, 4.69) is 124 Å². The lowest BCUT2D eigenvalue weighted by Gasteiger charge is -2.31. The molecule has 0 saturated carbocycles. The molecule has 46 heteroatoms. The number of aliphatic hydroxyl groups is 1. The molecule has 0 atom stereocenters. The predicted octanol–water partition coefficient (Wildman–Crippen LogP) is 7.39. The predicted molar refractivity (Wildman–Crippen MR) is 485 cm³/mol. The van der Waals surface area contributed by atoms with Crippen molar-refractivity contribution in [3.8, 4) is 12.0 Å². The van der Waals surface area contributed by atoms with Gasteiger partial charge in [0, 0.05) is 139 Å². The van der Waals surface area contributed by atoms with Crippen molar-refractivity contribution in [2.45, 2.75) is 230 Å². The zero-order chi connectivity index (χ0) is 99.9. The van der Waals surface area contributed by atoms with Crippen molar-refractivity contribution in [3.63, 3.8) is 0 Å². The van der Waals surface area contributed by atoms with Crippen LogP contribution in [0, 0.1) is 0 Å². The molecule has 0 bridgehead atoms. The first-order valence-corrected chi connectivity index (χ1v) is 42.1. The number of amides is 7. The molecule has 7 amide bonds. The molecule has 0 fully saturated rings. The number of anilines is 4. The van der Waals surface area contributed by atoms with Crippen molar-refractivity contribution < 1.29 is 108 Å². The molecule has 6 aromatic heterocycles. The van der Waals surface area contributed by atoms with Gasteiger partial charge in [-0.05, 0) is 186 Å². The van der Waals surface area contributed by atoms with Crippen molar-refractivity contribution in [2.24, 2.45) is 0 Å². The maximum Gasteiger partial charge on any atom is 0.316 e. The van der Waals surface area contributed by atoms with Crippen molar-refractivity contribution in [3.05, 3.63) is 108 Å². The molecule has 0 aliphatic rings. The Labute approximate surface area is 768 Å². The van der Waals surface area contributed by atoms with E-state index in [0.29, 0.717) is 96.7 Å². The van der Waals surface area contributed by atoms with Crippen LogP contribution in [0.25, 0.3) is 0 Å². The van der Waals surface area contributed by atoms with Crippen LogP contribution in [0.4, 0.5) is 23.8 Å². The first kappa shape index (κ1) is 120. The molecular formula is C85H144N24O22. The van der Waals surface area contributed by atoms with Gasteiger partial charge >= 0.3 is 12.0 Å². The highest BCUT2D eigenvalue weighted by Gasteiger charge is 2.23. The second-order valence-electron chi connectivity index (χ2n) is 35.4. The zero-order valence-corrected chi connectivity index (χ0v) is 80.9. The van der Waals surface area contributed by atoms with Gasteiger partial charge in [0.1, 0.15) is 19.8 Å². The van der Waals surface area contributed by atoms with E-state index in [-0.39, 0.29) is 109 Å². The molecule has 6 heterocycles. The Hall–Kier alpha value is -11.1. The van der Waals surface area contributed by atoms with Gasteiger partial charge in [-0.25, -0.2) is 92.7 Å². The Morgan fingerprint density at radius 3 is 0.992 bits per heavy atom. The molecule has 0 saturated heterocycles. The van der Waals surface area contributed by atoms with E-state index in [4.69, 9.17) is 69.5 Å². The second-order valence-corrected chi connectivity index (χ2v) is 35.4. The Morgan fingerprint density at radius 2 is 0.649 bits per heavy atom. The minimum absolute atomic E-state index is 0.0354. The highest BCUT2D eigenvalue weighted by atomic mass is 16.5. The number of carbonyl (C=O) groups excluding carboxylic acids is 8. The smallest absolute Gasteiger partial charge is 0.316 e. The van der Waals surface area contributed by atoms with Gasteiger partial charge in [-0.1, -0.05) is 12.8 Å². The van der Waals surface area contributed by atoms with E-state index >= 15 is 0 Å². The van der Waals surface area contributed by atoms with Crippen molar-refractivity contribution in [1.82, 2.24) is 102 Å². The molecule has 0 aliphatic heterocycles. The highest BCUT2D eigenvalue weighted by molar-refractivity contribution is 5.95. The van der Waals surface area contributed by atoms with Gasteiger partial charge in [0.2, 0.25) is 29.7 Å². The lowest BCUT2D eigenvalue weighted by Crippen LogP contribution is -2.40. The summed E-state index contributed by atoms with van der Waals surface area (Å²) >= 11 is 0. The molecule has 0 unspecified atom stereocenters. The average molecular weight is 1850 g/mol. The summed E-state index contributed by atoms with van der Waals surface area (Å²) in [6.45, 7) is 53.6. The van der Waals surface area contributed by atoms with Gasteiger partial charge in [-0.15, -0.1) is 0 Å². The number of ketones is 1. The zero-order valence-electron chi connectivity index (χ0n) is 80.9. The summed E-state index contributed by atoms with van der Waals surface area (Å²) in [5.41, 5.74) is 9.35. The fraction of sp³-hybridized carbons (Fsp3) is 0.624. The van der Waals surface area contributed by atoms with Crippen molar-refractivity contribution >= 4 is 70.9 Å². The minimum atomic E-state index is -0.716. The first-order chi connectivity index (χ1) is 61.0. The fourth-order valence-corrected chi connectivity index (χ4v) is 9.10. The van der Waals surface area contributed by atoms with Crippen molar-refractivity contribution in [1.29, 1.82) is 0 Å². The molecule has 46 nitrogen and oxygen atoms in total. The third kappa shape index (κ3) is 56.9. The molecule has 6 rings (SSSR count). The third-order valence-corrected chi connectivity index (χ3v) is 16.9. The van der Waals surface area contributed by atoms with Crippen LogP contribution in [0.3, 0.4) is 0 Å². The fourth-order valence-electron chi connectivity index (χ4n) is 9.10. The molecule has 0 radical (unpaired) electrons. The molecule has 131 heavy (non-hydrogen) atoms. The van der Waals surface area contributed by atoms with E-state index in [1.54, 1.807) is 5.48 Å². The minimum Gasteiger partial charge on any atom is -0.462 e. The third-order valence-electron chi connectivity index (χ3n) is 16.9. The summed E-state index contributed by atoms with van der Waals surface area (Å²) in [7, 11) is 6.00. The van der Waals surface area contributed by atoms with Crippen molar-refractivity contribution in [2.75, 3.05) is 140 Å². The van der Waals surface area contributed by atoms with Crippen LogP contribution >= 0.6 is 0 Å². The SMILES string of the molecule is CC(=O)N(CCOC(C)(C)C)c1ncc(C(=O)NO)cn1.CC(C)(C)OCCNc1ncc(C(=O)NO)cn1.CC(C)(C)OCCOc1ncc(C(=O)NO)cn1.CCN(CCOC(C)(C)C)c1ncc(C(=O)NO)cn1.CN(CCCCCCC(=O)CO)C(C)(C)C.CN(CCOC(C)(C)C)c1ncc(C(=O)NO)cn1.CN(CCOc1ncc(C(=O)NO)cn1)C(C)(C)C. The molecule has 6 aromatic rings. The largest absolute Gasteiger partial charge is 0.462 e. The number of rotatable bonds is 39. The molecule has 0 aliphatic carbocycles. The summed E-state index contributed by atoms with van der Waals surface area (Å²) in [5.74, 6) is -2.61. The van der Waals surface area contributed by atoms with Crippen LogP contribution in [0.2, 0.25) is 0 Å². The number of Topliss-reactive ketones (excluding diaryl/α,β-unsaturated/α-hetero) is 1. The molecule has 14 N–H and O–H groups in total. The summed E-state index contributed by atoms with van der Waals surface area (Å²) in [6, 6.07) is 0.360. The first-order valence-electron chi connectivity index (χ1n) is 42.1. The number of hydrogen-bond donors (Lipinski definition) is 14. The van der Waals surface area contributed by atoms with Gasteiger partial charge in [-0.2, -0.15) is 0 Å². The number of unbranched alkanes of at least 4 members (excludes halogenated alkanes) is 3. The summed E-state index contributed by atoms with van der Waals surface area (Å²) in [5, 5.41) is 62.3. The van der Waals surface area contributed by atoms with Crippen LogP contribution in [0.15, 0.2) is 74.4 Å². The Bertz CT molecular complexity index is 4140. The van der Waals surface area contributed by atoms with Gasteiger partial charge in [-0.3, -0.25) is 79.4 Å². The van der Waals surface area contributed by atoms with Gasteiger partial charge in [0.05, 0.1) is 101 Å². The monoisotopic (exact) mass is 1850 g/mol. The quantitative estimate of drug-likeness (QED) is 0.0102. The maximum absolute atomic E-state index is 11.6. The van der Waals surface area contributed by atoms with E-state index in [1.807, 2.05) is 135 Å². The maximum atomic E-state index is 11.6. The van der Waals surface area contributed by atoms with E-state index in [1.165, 1.54) is 126 Å². The van der Waals surface area contributed by atoms with E-state index in [9.17, 15) is 38.4 Å². The number of nitrogens with zero attached hydrogens (tertiary/aromatic N) is 17. The molecule has 0 aromatic carbocycles. The van der Waals surface area contributed by atoms with Gasteiger partial charge in [0.15, 0.2) is 5.78 Å². The summed E-state index contributed by atoms with van der Waals surface area (Å²) in [4.78, 5) is 146. The molecular weight excluding hydrogens is 1710 g/mol. The molecule has 0 spiro atoms. The van der Waals surface area contributed by atoms with Crippen LogP contribution in [0.5, 0.6) is 12.0 Å². The second kappa shape index (κ2) is 61.5. The lowest BCUT2D eigenvalue weighted by atomic mass is 10.1. The summed E-state index contributed by atoms with van der Waals surface area (Å²) in [6.07, 6.45) is 20.6. The van der Waals surface area contributed by atoms with E-state index in [0.717, 1.165) is 32.5 Å². The van der Waals surface area contributed by atoms with Gasteiger partial charge in [0.25, 0.3) is 35.4 Å². The van der Waals surface area contributed by atoms with Crippen LogP contribution in [-0.2, 0) is 33.3 Å². The number of nitrogens with one attached hydrogen (secondary N) is 7. The number of likely N-dealkylation sites (N-methyl/N-ethyl adjacent to an activating group) is 3. The van der Waals surface area contributed by atoms with Crippen LogP contribution < -0.4 is 62.4 Å². The van der Waals surface area contributed by atoms with Crippen LogP contribution in [0.1, 0.15) is 253 Å². The highest BCUT2D eigenvalue weighted by Crippen LogP contribution is 2.18. The standard InChI is InChI=1S/C13H20N4O4.C13H22N4O3.C13H27NO2.2C12H20N4O3.C11H18N4O3.C11H17N3O4/c1-9(18)17(5-6-21-13(2,3)4)12-14-7-10(8-15-12)11(19)16-20;1-5-17(6-7-20-13(2,3)4)12-14-8-10(9-15-12)11(18)16-19;1-13(2,3)14(4)10-8-6-5-7-9-12(16)11-15;1-12(2,3)16(4)5-6-19-11-13-7-9(8-14-11)10(17)15-18;1-12(2,3)19-6-5-16(4)11-13-7-9(8-14-11)10(17)15-18;1-11(2,3)18-5-4-12-10-13-6-8(7-14-10)9(16)15-17;1-11(2,3)18-5-4-17-10-12-6-8(7-13-10)9(15)14-16/h7-8,20H,5-6H2,1-4H3,(H,16,19);8-9,19H,5-7H2,1-4H3,(H,16,18);15H,5-11H2,1-4H3;2*7-8,18H,5-6H2,1-4H3,(H,15,17);6-7,17H,4-5H2,1-3H3,(H,15,16)(H,12,13,14);6-7,16H,4-5H2,1-3H3,(H,14,15). The van der Waals surface area contributed by atoms with Gasteiger partial charge < -0.3 is 58.3 Å². The summed E-state index contributed by atoms with van der Waals surface area (Å²) < 4.78 is 38.4. The Kier molecular flexibility index (Phi) is 56.3. The number of aromatic nitrogens is 12.